The highest BCUT2D eigenvalue weighted by Crippen LogP contribution is 2.40. The lowest BCUT2D eigenvalue weighted by Crippen LogP contribution is -2.48. The second-order valence-corrected chi connectivity index (χ2v) is 13.3. The number of aryl methyl sites for hydroxylation is 2. The van der Waals surface area contributed by atoms with E-state index in [9.17, 15) is 8.42 Å². The Balaban J connectivity index is 1.46. The van der Waals surface area contributed by atoms with Gasteiger partial charge in [-0.05, 0) is 71.8 Å². The first-order valence-electron chi connectivity index (χ1n) is 12.1. The van der Waals surface area contributed by atoms with Crippen molar-refractivity contribution in [2.24, 2.45) is 5.92 Å². The van der Waals surface area contributed by atoms with Crippen molar-refractivity contribution in [1.82, 2.24) is 24.7 Å². The molecule has 2 aliphatic carbocycles. The molecule has 3 aromatic rings. The lowest BCUT2D eigenvalue weighted by atomic mass is 9.87. The number of rotatable bonds is 8. The van der Waals surface area contributed by atoms with Crippen molar-refractivity contribution < 1.29 is 8.42 Å². The smallest absolute Gasteiger partial charge is 0.225 e. The van der Waals surface area contributed by atoms with E-state index >= 15 is 0 Å². The summed E-state index contributed by atoms with van der Waals surface area (Å²) in [5.41, 5.74) is 3.11. The Kier molecular flexibility index (Phi) is 6.21. The highest BCUT2D eigenvalue weighted by atomic mass is 32.2. The number of nitrogens with one attached hydrogen (secondary N) is 3. The highest BCUT2D eigenvalue weighted by molar-refractivity contribution is 7.88. The minimum atomic E-state index is -3.28. The van der Waals surface area contributed by atoms with Crippen LogP contribution in [0.3, 0.4) is 0 Å². The molecule has 2 unspecified atom stereocenters. The molecule has 3 heterocycles. The third-order valence-electron chi connectivity index (χ3n) is 6.95. The quantitative estimate of drug-likeness (QED) is 0.407. The van der Waals surface area contributed by atoms with Crippen LogP contribution in [0.2, 0.25) is 0 Å². The number of fused-ring (bicyclic) bond motifs is 1. The Hall–Kier alpha value is -2.37. The van der Waals surface area contributed by atoms with Gasteiger partial charge in [-0.2, -0.15) is 4.98 Å². The summed E-state index contributed by atoms with van der Waals surface area (Å²) >= 11 is 1.63. The molecule has 0 aromatic carbocycles. The molecule has 2 saturated carbocycles. The maximum absolute atomic E-state index is 11.9. The van der Waals surface area contributed by atoms with E-state index in [0.717, 1.165) is 70.1 Å². The zero-order chi connectivity index (χ0) is 25.0. The Morgan fingerprint density at radius 1 is 1.00 bits per heavy atom. The van der Waals surface area contributed by atoms with Gasteiger partial charge in [0.15, 0.2) is 0 Å². The summed E-state index contributed by atoms with van der Waals surface area (Å²) in [5, 5.41) is 8.00. The van der Waals surface area contributed by atoms with Gasteiger partial charge in [-0.15, -0.1) is 11.3 Å². The third kappa shape index (κ3) is 5.41. The van der Waals surface area contributed by atoms with Gasteiger partial charge in [0, 0.05) is 23.8 Å². The van der Waals surface area contributed by atoms with Crippen molar-refractivity contribution >= 4 is 43.3 Å². The molecule has 3 N–H and O–H groups in total. The Bertz CT molecular complexity index is 1370. The van der Waals surface area contributed by atoms with Crippen LogP contribution in [-0.4, -0.2) is 52.2 Å². The van der Waals surface area contributed by atoms with Crippen molar-refractivity contribution in [2.75, 3.05) is 16.9 Å². The molecular weight excluding hydrogens is 482 g/mol. The molecule has 2 aliphatic rings. The summed E-state index contributed by atoms with van der Waals surface area (Å²) in [4.78, 5) is 19.0. The fourth-order valence-electron chi connectivity index (χ4n) is 5.02. The third-order valence-corrected chi connectivity index (χ3v) is 8.88. The summed E-state index contributed by atoms with van der Waals surface area (Å²) in [6.45, 7) is 7.92. The number of hydrogen-bond acceptors (Lipinski definition) is 9. The summed E-state index contributed by atoms with van der Waals surface area (Å²) in [5.74, 6) is 1.65. The molecule has 3 aromatic heterocycles. The predicted octanol–water partition coefficient (Wildman–Crippen LogP) is 4.25. The van der Waals surface area contributed by atoms with Crippen LogP contribution in [0.15, 0.2) is 12.3 Å². The largest absolute Gasteiger partial charge is 0.367 e. The topological polar surface area (TPSA) is 122 Å². The maximum atomic E-state index is 11.9. The van der Waals surface area contributed by atoms with Gasteiger partial charge in [0.05, 0.1) is 27.9 Å². The molecule has 11 heteroatoms. The number of hydrogen-bond donors (Lipinski definition) is 3. The molecule has 2 fully saturated rings. The van der Waals surface area contributed by atoms with Gasteiger partial charge in [-0.3, -0.25) is 4.98 Å². The maximum Gasteiger partial charge on any atom is 0.225 e. The van der Waals surface area contributed by atoms with Crippen LogP contribution in [0.5, 0.6) is 0 Å². The van der Waals surface area contributed by atoms with E-state index in [-0.39, 0.29) is 12.0 Å². The van der Waals surface area contributed by atoms with E-state index in [2.05, 4.69) is 20.3 Å². The first-order valence-corrected chi connectivity index (χ1v) is 14.8. The average molecular weight is 516 g/mol. The summed E-state index contributed by atoms with van der Waals surface area (Å²) in [6.07, 6.45) is 8.05. The van der Waals surface area contributed by atoms with Crippen LogP contribution in [0.4, 0.5) is 11.8 Å². The zero-order valence-electron chi connectivity index (χ0n) is 20.8. The van der Waals surface area contributed by atoms with E-state index in [1.165, 1.54) is 6.26 Å². The van der Waals surface area contributed by atoms with Gasteiger partial charge in [-0.1, -0.05) is 0 Å². The normalized spacial score (nSPS) is 20.9. The molecule has 35 heavy (non-hydrogen) atoms. The number of thiazole rings is 1. The Morgan fingerprint density at radius 3 is 2.43 bits per heavy atom. The number of anilines is 2. The standard InChI is InChI=1S/C24H33N7O2S2/c1-13-19(22-29-20-14(2)25-11-10-18(20)34-22)21(30-23(26-13)28-16-8-9-16)27-17-7-6-15(12-17)24(3,4)31-35(5,32)33/h10-11,15-17,31H,6-9,12H2,1-5H3,(H2,26,27,28,30). The Labute approximate surface area is 210 Å². The average Bonchev–Trinajstić information content (AvgIpc) is 3.24. The van der Waals surface area contributed by atoms with Crippen molar-refractivity contribution in [3.8, 4) is 10.6 Å². The first kappa shape index (κ1) is 24.3. The van der Waals surface area contributed by atoms with Gasteiger partial charge in [0.2, 0.25) is 16.0 Å². The predicted molar refractivity (Wildman–Crippen MR) is 141 cm³/mol. The molecule has 9 nitrogen and oxygen atoms in total. The van der Waals surface area contributed by atoms with Crippen LogP contribution < -0.4 is 15.4 Å². The van der Waals surface area contributed by atoms with Gasteiger partial charge in [0.25, 0.3) is 0 Å². The number of aromatic nitrogens is 4. The molecule has 188 valence electrons. The van der Waals surface area contributed by atoms with E-state index in [1.807, 2.05) is 40.0 Å². The molecule has 0 aliphatic heterocycles. The minimum absolute atomic E-state index is 0.181. The molecule has 5 rings (SSSR count). The number of nitrogens with zero attached hydrogens (tertiary/aromatic N) is 4. The zero-order valence-corrected chi connectivity index (χ0v) is 22.5. The molecule has 0 radical (unpaired) electrons. The van der Waals surface area contributed by atoms with Gasteiger partial charge >= 0.3 is 0 Å². The number of pyridine rings is 1. The van der Waals surface area contributed by atoms with E-state index in [4.69, 9.17) is 15.0 Å². The van der Waals surface area contributed by atoms with E-state index in [1.54, 1.807) is 11.3 Å². The molecular formula is C24H33N7O2S2. The minimum Gasteiger partial charge on any atom is -0.367 e. The SMILES string of the molecule is Cc1nc(NC2CC2)nc(NC2CCC(C(C)(C)NS(C)(=O)=O)C2)c1-c1nc2c(C)nccc2s1. The van der Waals surface area contributed by atoms with Crippen LogP contribution >= 0.6 is 11.3 Å². The van der Waals surface area contributed by atoms with E-state index in [0.29, 0.717) is 12.0 Å². The molecule has 0 amide bonds. The van der Waals surface area contributed by atoms with Crippen molar-refractivity contribution in [3.05, 3.63) is 23.7 Å². The second-order valence-electron chi connectivity index (χ2n) is 10.5. The fraction of sp³-hybridized carbons (Fsp3) is 0.583. The molecule has 0 spiro atoms. The summed E-state index contributed by atoms with van der Waals surface area (Å²) < 4.78 is 27.7. The van der Waals surface area contributed by atoms with Crippen LogP contribution in [0.25, 0.3) is 20.8 Å². The highest BCUT2D eigenvalue weighted by Gasteiger charge is 2.38. The summed E-state index contributed by atoms with van der Waals surface area (Å²) in [7, 11) is -3.28. The fourth-order valence-corrected chi connectivity index (χ4v) is 7.25. The van der Waals surface area contributed by atoms with Crippen molar-refractivity contribution in [2.45, 2.75) is 77.4 Å². The van der Waals surface area contributed by atoms with Gasteiger partial charge in [0.1, 0.15) is 16.3 Å². The second kappa shape index (κ2) is 8.94. The monoisotopic (exact) mass is 515 g/mol. The van der Waals surface area contributed by atoms with Crippen LogP contribution in [0.1, 0.15) is 57.3 Å². The first-order chi connectivity index (χ1) is 16.5. The summed E-state index contributed by atoms with van der Waals surface area (Å²) in [6, 6.07) is 2.62. The van der Waals surface area contributed by atoms with E-state index < -0.39 is 15.6 Å². The van der Waals surface area contributed by atoms with Gasteiger partial charge < -0.3 is 10.6 Å². The van der Waals surface area contributed by atoms with Crippen LogP contribution in [0, 0.1) is 19.8 Å². The molecule has 2 atom stereocenters. The number of sulfonamides is 1. The molecule has 0 saturated heterocycles. The van der Waals surface area contributed by atoms with Crippen molar-refractivity contribution in [3.63, 3.8) is 0 Å². The Morgan fingerprint density at radius 2 is 1.74 bits per heavy atom. The van der Waals surface area contributed by atoms with Gasteiger partial charge in [-0.25, -0.2) is 23.1 Å². The lowest BCUT2D eigenvalue weighted by Gasteiger charge is -2.32. The lowest BCUT2D eigenvalue weighted by molar-refractivity contribution is 0.296. The van der Waals surface area contributed by atoms with Crippen molar-refractivity contribution in [1.29, 1.82) is 0 Å². The van der Waals surface area contributed by atoms with Crippen LogP contribution in [-0.2, 0) is 10.0 Å². The molecule has 0 bridgehead atoms.